The zero-order valence-electron chi connectivity index (χ0n) is 11.2. The molecule has 0 aliphatic carbocycles. The molecule has 1 unspecified atom stereocenters. The summed E-state index contributed by atoms with van der Waals surface area (Å²) >= 11 is 0. The first-order chi connectivity index (χ1) is 8.02. The quantitative estimate of drug-likeness (QED) is 0.826. The minimum absolute atomic E-state index is 0.0287. The van der Waals surface area contributed by atoms with Crippen molar-refractivity contribution in [2.75, 3.05) is 11.9 Å². The molecule has 1 rings (SSSR count). The van der Waals surface area contributed by atoms with Gasteiger partial charge in [0.15, 0.2) is 0 Å². The Morgan fingerprint density at radius 1 is 1.41 bits per heavy atom. The topological polar surface area (TPSA) is 46.9 Å². The van der Waals surface area contributed by atoms with Crippen molar-refractivity contribution in [3.63, 3.8) is 0 Å². The molecule has 4 nitrogen and oxygen atoms in total. The number of anilines is 1. The Morgan fingerprint density at radius 2 is 2.12 bits per heavy atom. The summed E-state index contributed by atoms with van der Waals surface area (Å²) in [5.74, 6) is 1.03. The third-order valence-corrected chi connectivity index (χ3v) is 2.77. The maximum atomic E-state index is 11.8. The minimum atomic E-state index is -0.0287. The van der Waals surface area contributed by atoms with Gasteiger partial charge in [0.1, 0.15) is 0 Å². The van der Waals surface area contributed by atoms with Gasteiger partial charge < -0.3 is 5.32 Å². The number of hydrogen-bond donors (Lipinski definition) is 1. The van der Waals surface area contributed by atoms with Crippen molar-refractivity contribution in [3.8, 4) is 0 Å². The van der Waals surface area contributed by atoms with Gasteiger partial charge in [-0.15, -0.1) is 0 Å². The Balaban J connectivity index is 2.69. The van der Waals surface area contributed by atoms with Crippen LogP contribution in [0.3, 0.4) is 0 Å². The number of nitrogens with one attached hydrogen (secondary N) is 1. The summed E-state index contributed by atoms with van der Waals surface area (Å²) in [6.45, 7) is 10.1. The van der Waals surface area contributed by atoms with Crippen LogP contribution in [0.1, 0.15) is 34.1 Å². The van der Waals surface area contributed by atoms with Crippen molar-refractivity contribution in [2.24, 2.45) is 11.8 Å². The molecule has 0 amide bonds. The van der Waals surface area contributed by atoms with Crippen LogP contribution in [0.15, 0.2) is 17.1 Å². The summed E-state index contributed by atoms with van der Waals surface area (Å²) in [4.78, 5) is 11.8. The normalized spacial score (nSPS) is 12.8. The Bertz CT molecular complexity index is 398. The van der Waals surface area contributed by atoms with Gasteiger partial charge in [-0.1, -0.05) is 34.1 Å². The van der Waals surface area contributed by atoms with E-state index in [4.69, 9.17) is 0 Å². The molecule has 0 bridgehead atoms. The molecule has 1 atom stereocenters. The van der Waals surface area contributed by atoms with Crippen molar-refractivity contribution in [2.45, 2.75) is 40.7 Å². The molecule has 1 aromatic rings. The molecular formula is C13H23N3O. The van der Waals surface area contributed by atoms with Crippen LogP contribution >= 0.6 is 0 Å². The maximum Gasteiger partial charge on any atom is 0.268 e. The highest BCUT2D eigenvalue weighted by atomic mass is 16.1. The molecule has 17 heavy (non-hydrogen) atoms. The highest BCUT2D eigenvalue weighted by molar-refractivity contribution is 5.38. The summed E-state index contributed by atoms with van der Waals surface area (Å²) < 4.78 is 1.54. The zero-order valence-corrected chi connectivity index (χ0v) is 11.2. The van der Waals surface area contributed by atoms with Gasteiger partial charge in [-0.05, 0) is 11.8 Å². The van der Waals surface area contributed by atoms with E-state index in [1.54, 1.807) is 12.3 Å². The van der Waals surface area contributed by atoms with Crippen LogP contribution in [0, 0.1) is 11.8 Å². The van der Waals surface area contributed by atoms with Crippen molar-refractivity contribution < 1.29 is 0 Å². The van der Waals surface area contributed by atoms with Crippen LogP contribution in [-0.4, -0.2) is 16.3 Å². The lowest BCUT2D eigenvalue weighted by molar-refractivity contribution is 0.424. The predicted molar refractivity (Wildman–Crippen MR) is 71.3 cm³/mol. The lowest BCUT2D eigenvalue weighted by Crippen LogP contribution is -2.25. The molecule has 96 valence electrons. The zero-order chi connectivity index (χ0) is 12.8. The molecule has 0 spiro atoms. The first kappa shape index (κ1) is 13.7. The smallest absolute Gasteiger partial charge is 0.268 e. The second-order valence-corrected chi connectivity index (χ2v) is 5.05. The van der Waals surface area contributed by atoms with E-state index in [9.17, 15) is 4.79 Å². The minimum Gasteiger partial charge on any atom is -0.383 e. The van der Waals surface area contributed by atoms with E-state index in [1.807, 2.05) is 0 Å². The average molecular weight is 237 g/mol. The lowest BCUT2D eigenvalue weighted by Gasteiger charge is -2.12. The highest BCUT2D eigenvalue weighted by Crippen LogP contribution is 2.05. The van der Waals surface area contributed by atoms with Gasteiger partial charge in [-0.2, -0.15) is 5.10 Å². The molecule has 0 radical (unpaired) electrons. The van der Waals surface area contributed by atoms with Gasteiger partial charge in [-0.3, -0.25) is 4.79 Å². The highest BCUT2D eigenvalue weighted by Gasteiger charge is 2.04. The fourth-order valence-electron chi connectivity index (χ4n) is 1.41. The first-order valence-electron chi connectivity index (χ1n) is 6.34. The van der Waals surface area contributed by atoms with Crippen molar-refractivity contribution in [1.29, 1.82) is 0 Å². The van der Waals surface area contributed by atoms with E-state index in [2.05, 4.69) is 38.1 Å². The third-order valence-electron chi connectivity index (χ3n) is 2.77. The van der Waals surface area contributed by atoms with Crippen molar-refractivity contribution in [3.05, 3.63) is 22.6 Å². The van der Waals surface area contributed by atoms with Gasteiger partial charge in [0.25, 0.3) is 5.56 Å². The number of aromatic nitrogens is 2. The molecule has 0 saturated carbocycles. The molecular weight excluding hydrogens is 214 g/mol. The first-order valence-corrected chi connectivity index (χ1v) is 6.34. The van der Waals surface area contributed by atoms with E-state index < -0.39 is 0 Å². The second kappa shape index (κ2) is 6.42. The standard InChI is InChI=1S/C13H23N3O/c1-5-11(4)9-16-13(17)6-12(8-15-16)14-7-10(2)3/h6,8,10-11,14H,5,7,9H2,1-4H3. The van der Waals surface area contributed by atoms with E-state index >= 15 is 0 Å². The molecule has 4 heteroatoms. The van der Waals surface area contributed by atoms with Crippen LogP contribution in [0.4, 0.5) is 5.69 Å². The predicted octanol–water partition coefficient (Wildman–Crippen LogP) is 2.36. The van der Waals surface area contributed by atoms with Gasteiger partial charge in [-0.25, -0.2) is 4.68 Å². The van der Waals surface area contributed by atoms with Crippen molar-refractivity contribution in [1.82, 2.24) is 9.78 Å². The number of rotatable bonds is 6. The fourth-order valence-corrected chi connectivity index (χ4v) is 1.41. The van der Waals surface area contributed by atoms with Gasteiger partial charge >= 0.3 is 0 Å². The van der Waals surface area contributed by atoms with E-state index in [-0.39, 0.29) is 5.56 Å². The number of nitrogens with zero attached hydrogens (tertiary/aromatic N) is 2. The monoisotopic (exact) mass is 237 g/mol. The average Bonchev–Trinajstić information content (AvgIpc) is 2.29. The van der Waals surface area contributed by atoms with Gasteiger partial charge in [0, 0.05) is 19.2 Å². The Kier molecular flexibility index (Phi) is 5.19. The van der Waals surface area contributed by atoms with Crippen LogP contribution in [0.25, 0.3) is 0 Å². The van der Waals surface area contributed by atoms with E-state index in [0.29, 0.717) is 18.4 Å². The summed E-state index contributed by atoms with van der Waals surface area (Å²) in [7, 11) is 0. The molecule has 1 N–H and O–H groups in total. The van der Waals surface area contributed by atoms with Gasteiger partial charge in [0.2, 0.25) is 0 Å². The molecule has 0 aromatic carbocycles. The SMILES string of the molecule is CCC(C)Cn1ncc(NCC(C)C)cc1=O. The Labute approximate surface area is 103 Å². The Morgan fingerprint density at radius 3 is 2.65 bits per heavy atom. The summed E-state index contributed by atoms with van der Waals surface area (Å²) in [6, 6.07) is 1.62. The van der Waals surface area contributed by atoms with Crippen LogP contribution < -0.4 is 10.9 Å². The third kappa shape index (κ3) is 4.59. The van der Waals surface area contributed by atoms with E-state index in [0.717, 1.165) is 18.7 Å². The summed E-state index contributed by atoms with van der Waals surface area (Å²) in [5.41, 5.74) is 0.781. The van der Waals surface area contributed by atoms with Crippen molar-refractivity contribution >= 4 is 5.69 Å². The number of hydrogen-bond acceptors (Lipinski definition) is 3. The van der Waals surface area contributed by atoms with Crippen LogP contribution in [0.5, 0.6) is 0 Å². The molecule has 0 saturated heterocycles. The largest absolute Gasteiger partial charge is 0.383 e. The summed E-state index contributed by atoms with van der Waals surface area (Å²) in [6.07, 6.45) is 2.79. The summed E-state index contributed by atoms with van der Waals surface area (Å²) in [5, 5.41) is 7.39. The van der Waals surface area contributed by atoms with Gasteiger partial charge in [0.05, 0.1) is 11.9 Å². The molecule has 1 heterocycles. The second-order valence-electron chi connectivity index (χ2n) is 5.05. The molecule has 0 aliphatic heterocycles. The molecule has 0 fully saturated rings. The van der Waals surface area contributed by atoms with Crippen LogP contribution in [-0.2, 0) is 6.54 Å². The van der Waals surface area contributed by atoms with E-state index in [1.165, 1.54) is 4.68 Å². The Hall–Kier alpha value is -1.32. The maximum absolute atomic E-state index is 11.8. The molecule has 1 aromatic heterocycles. The van der Waals surface area contributed by atoms with Crippen LogP contribution in [0.2, 0.25) is 0 Å². The fraction of sp³-hybridized carbons (Fsp3) is 0.692. The molecule has 0 aliphatic rings. The lowest BCUT2D eigenvalue weighted by atomic mass is 10.1.